The summed E-state index contributed by atoms with van der Waals surface area (Å²) < 4.78 is 44.6. The lowest BCUT2D eigenvalue weighted by atomic mass is 10.2. The van der Waals surface area contributed by atoms with Gasteiger partial charge in [-0.15, -0.1) is 0 Å². The minimum Gasteiger partial charge on any atom is -0.451 e. The first-order valence-corrected chi connectivity index (χ1v) is 5.12. The van der Waals surface area contributed by atoms with Crippen molar-refractivity contribution < 1.29 is 23.0 Å². The fourth-order valence-electron chi connectivity index (χ4n) is 1.40. The monoisotopic (exact) mass is 254 g/mol. The quantitative estimate of drug-likeness (QED) is 0.909. The molecule has 1 N–H and O–H groups in total. The van der Waals surface area contributed by atoms with Gasteiger partial charge in [-0.1, -0.05) is 6.07 Å². The molecule has 0 radical (unpaired) electrons. The van der Waals surface area contributed by atoms with Gasteiger partial charge in [0.15, 0.2) is 23.1 Å². The SMILES string of the molecule is OCc1ccc(Oc2cc(F)ccc2F)c(F)c1. The number of hydrogen-bond donors (Lipinski definition) is 1. The van der Waals surface area contributed by atoms with Gasteiger partial charge < -0.3 is 9.84 Å². The van der Waals surface area contributed by atoms with E-state index in [1.807, 2.05) is 0 Å². The van der Waals surface area contributed by atoms with Gasteiger partial charge in [-0.05, 0) is 29.8 Å². The van der Waals surface area contributed by atoms with E-state index >= 15 is 0 Å². The molecular formula is C13H9F3O2. The zero-order chi connectivity index (χ0) is 13.1. The fraction of sp³-hybridized carbons (Fsp3) is 0.0769. The third-order valence-electron chi connectivity index (χ3n) is 2.29. The molecule has 18 heavy (non-hydrogen) atoms. The van der Waals surface area contributed by atoms with E-state index < -0.39 is 23.2 Å². The van der Waals surface area contributed by atoms with Crippen molar-refractivity contribution in [2.75, 3.05) is 0 Å². The molecule has 0 spiro atoms. The number of rotatable bonds is 3. The third kappa shape index (κ3) is 2.62. The van der Waals surface area contributed by atoms with Gasteiger partial charge in [0.2, 0.25) is 0 Å². The van der Waals surface area contributed by atoms with Crippen LogP contribution in [0.1, 0.15) is 5.56 Å². The molecule has 0 saturated carbocycles. The van der Waals surface area contributed by atoms with Crippen molar-refractivity contribution in [2.24, 2.45) is 0 Å². The van der Waals surface area contributed by atoms with E-state index in [1.54, 1.807) is 0 Å². The highest BCUT2D eigenvalue weighted by Crippen LogP contribution is 2.27. The topological polar surface area (TPSA) is 29.5 Å². The molecule has 2 aromatic rings. The van der Waals surface area contributed by atoms with Crippen LogP contribution in [0.15, 0.2) is 36.4 Å². The standard InChI is InChI=1S/C13H9F3O2/c14-9-2-3-10(15)13(6-9)18-12-4-1-8(7-17)5-11(12)16/h1-6,17H,7H2. The van der Waals surface area contributed by atoms with Crippen LogP contribution in [0.5, 0.6) is 11.5 Å². The van der Waals surface area contributed by atoms with Crippen molar-refractivity contribution in [1.29, 1.82) is 0 Å². The first kappa shape index (κ1) is 12.4. The molecule has 0 aliphatic heterocycles. The lowest BCUT2D eigenvalue weighted by Crippen LogP contribution is -1.94. The summed E-state index contributed by atoms with van der Waals surface area (Å²) in [5.74, 6) is -2.87. The molecule has 0 bridgehead atoms. The number of ether oxygens (including phenoxy) is 1. The van der Waals surface area contributed by atoms with E-state index in [-0.39, 0.29) is 12.4 Å². The van der Waals surface area contributed by atoms with Crippen LogP contribution in [0.2, 0.25) is 0 Å². The smallest absolute Gasteiger partial charge is 0.166 e. The molecule has 94 valence electrons. The summed E-state index contributed by atoms with van der Waals surface area (Å²) in [6, 6.07) is 6.39. The number of hydrogen-bond acceptors (Lipinski definition) is 2. The minimum atomic E-state index is -0.790. The maximum Gasteiger partial charge on any atom is 0.166 e. The summed E-state index contributed by atoms with van der Waals surface area (Å²) in [6.45, 7) is -0.314. The largest absolute Gasteiger partial charge is 0.451 e. The second-order valence-electron chi connectivity index (χ2n) is 3.60. The van der Waals surface area contributed by atoms with Gasteiger partial charge in [0.05, 0.1) is 6.61 Å². The summed E-state index contributed by atoms with van der Waals surface area (Å²) >= 11 is 0. The van der Waals surface area contributed by atoms with Crippen LogP contribution in [0.25, 0.3) is 0 Å². The predicted octanol–water partition coefficient (Wildman–Crippen LogP) is 3.39. The van der Waals surface area contributed by atoms with Crippen molar-refractivity contribution in [1.82, 2.24) is 0 Å². The van der Waals surface area contributed by atoms with Gasteiger partial charge in [-0.2, -0.15) is 0 Å². The van der Waals surface area contributed by atoms with E-state index in [4.69, 9.17) is 9.84 Å². The summed E-state index contributed by atoms with van der Waals surface area (Å²) in [6.07, 6.45) is 0. The molecule has 0 amide bonds. The Bertz CT molecular complexity index is 570. The Hall–Kier alpha value is -2.01. The molecule has 0 aliphatic carbocycles. The lowest BCUT2D eigenvalue weighted by molar-refractivity contribution is 0.281. The Balaban J connectivity index is 2.31. The first-order chi connectivity index (χ1) is 8.60. The van der Waals surface area contributed by atoms with Crippen LogP contribution in [-0.2, 0) is 6.61 Å². The van der Waals surface area contributed by atoms with Crippen molar-refractivity contribution in [3.63, 3.8) is 0 Å². The fourth-order valence-corrected chi connectivity index (χ4v) is 1.40. The molecule has 2 aromatic carbocycles. The van der Waals surface area contributed by atoms with Crippen LogP contribution >= 0.6 is 0 Å². The van der Waals surface area contributed by atoms with Crippen LogP contribution in [0, 0.1) is 17.5 Å². The molecule has 2 nitrogen and oxygen atoms in total. The van der Waals surface area contributed by atoms with Crippen LogP contribution < -0.4 is 4.74 Å². The molecule has 0 aliphatic rings. The highest BCUT2D eigenvalue weighted by Gasteiger charge is 2.10. The molecule has 2 rings (SSSR count). The third-order valence-corrected chi connectivity index (χ3v) is 2.29. The maximum atomic E-state index is 13.5. The number of aliphatic hydroxyl groups is 1. The summed E-state index contributed by atoms with van der Waals surface area (Å²) in [5, 5.41) is 8.81. The molecule has 0 unspecified atom stereocenters. The molecule has 0 atom stereocenters. The van der Waals surface area contributed by atoms with Gasteiger partial charge in [0.25, 0.3) is 0 Å². The minimum absolute atomic E-state index is 0.239. The Morgan fingerprint density at radius 1 is 0.889 bits per heavy atom. The Morgan fingerprint density at radius 2 is 1.67 bits per heavy atom. The van der Waals surface area contributed by atoms with Crippen LogP contribution in [0.3, 0.4) is 0 Å². The molecule has 0 saturated heterocycles. The average Bonchev–Trinajstić information content (AvgIpc) is 2.36. The second-order valence-corrected chi connectivity index (χ2v) is 3.60. The van der Waals surface area contributed by atoms with Gasteiger partial charge in [0.1, 0.15) is 5.82 Å². The average molecular weight is 254 g/mol. The Morgan fingerprint density at radius 3 is 2.33 bits per heavy atom. The Kier molecular flexibility index (Phi) is 3.53. The van der Waals surface area contributed by atoms with E-state index in [9.17, 15) is 13.2 Å². The first-order valence-electron chi connectivity index (χ1n) is 5.12. The van der Waals surface area contributed by atoms with Gasteiger partial charge >= 0.3 is 0 Å². The van der Waals surface area contributed by atoms with Gasteiger partial charge in [-0.3, -0.25) is 0 Å². The summed E-state index contributed by atoms with van der Waals surface area (Å²) in [7, 11) is 0. The molecule has 5 heteroatoms. The highest BCUT2D eigenvalue weighted by atomic mass is 19.1. The van der Waals surface area contributed by atoms with Gasteiger partial charge in [0, 0.05) is 6.07 Å². The molecular weight excluding hydrogens is 245 g/mol. The normalized spacial score (nSPS) is 10.4. The second kappa shape index (κ2) is 5.10. The summed E-state index contributed by atoms with van der Waals surface area (Å²) in [4.78, 5) is 0. The van der Waals surface area contributed by atoms with Crippen LogP contribution in [0.4, 0.5) is 13.2 Å². The number of aliphatic hydroxyl groups excluding tert-OH is 1. The maximum absolute atomic E-state index is 13.5. The van der Waals surface area contributed by atoms with Crippen LogP contribution in [-0.4, -0.2) is 5.11 Å². The zero-order valence-electron chi connectivity index (χ0n) is 9.16. The van der Waals surface area contributed by atoms with E-state index in [0.717, 1.165) is 24.3 Å². The van der Waals surface area contributed by atoms with E-state index in [0.29, 0.717) is 5.56 Å². The van der Waals surface area contributed by atoms with Crippen molar-refractivity contribution in [2.45, 2.75) is 6.61 Å². The number of halogens is 3. The Labute approximate surface area is 101 Å². The molecule has 0 fully saturated rings. The summed E-state index contributed by atoms with van der Waals surface area (Å²) in [5.41, 5.74) is 0.361. The van der Waals surface area contributed by atoms with Crippen molar-refractivity contribution in [3.8, 4) is 11.5 Å². The molecule has 0 aromatic heterocycles. The number of benzene rings is 2. The van der Waals surface area contributed by atoms with E-state index in [1.165, 1.54) is 12.1 Å². The molecule has 0 heterocycles. The van der Waals surface area contributed by atoms with Crippen molar-refractivity contribution >= 4 is 0 Å². The van der Waals surface area contributed by atoms with Gasteiger partial charge in [-0.25, -0.2) is 13.2 Å². The highest BCUT2D eigenvalue weighted by molar-refractivity contribution is 5.35. The zero-order valence-corrected chi connectivity index (χ0v) is 9.16. The lowest BCUT2D eigenvalue weighted by Gasteiger charge is -2.08. The van der Waals surface area contributed by atoms with E-state index in [2.05, 4.69) is 0 Å². The van der Waals surface area contributed by atoms with Crippen molar-refractivity contribution in [3.05, 3.63) is 59.4 Å². The predicted molar refractivity (Wildman–Crippen MR) is 58.8 cm³/mol.